The van der Waals surface area contributed by atoms with Crippen LogP contribution in [0.3, 0.4) is 0 Å². The predicted octanol–water partition coefficient (Wildman–Crippen LogP) is 0.951. The molecule has 0 bridgehead atoms. The molecule has 4 rings (SSSR count). The Hall–Kier alpha value is -0.0800. The van der Waals surface area contributed by atoms with Crippen LogP contribution < -0.4 is 0 Å². The normalized spacial score (nSPS) is 69.8. The number of hydrogen-bond donors (Lipinski definition) is 0. The van der Waals surface area contributed by atoms with E-state index in [1.807, 2.05) is 0 Å². The largest absolute Gasteiger partial charge is 0.370 e. The molecule has 60 valence electrons. The van der Waals surface area contributed by atoms with Crippen LogP contribution in [0.15, 0.2) is 0 Å². The molecule has 2 heteroatoms. The van der Waals surface area contributed by atoms with Crippen LogP contribution in [0.5, 0.6) is 0 Å². The van der Waals surface area contributed by atoms with Crippen molar-refractivity contribution in [2.24, 2.45) is 11.8 Å². The lowest BCUT2D eigenvalue weighted by Crippen LogP contribution is -2.24. The van der Waals surface area contributed by atoms with Gasteiger partial charge in [-0.3, -0.25) is 0 Å². The zero-order valence-electron chi connectivity index (χ0n) is 6.40. The first-order valence-electron chi connectivity index (χ1n) is 4.73. The highest BCUT2D eigenvalue weighted by atomic mass is 16.6. The summed E-state index contributed by atoms with van der Waals surface area (Å²) in [4.78, 5) is 0. The summed E-state index contributed by atoms with van der Waals surface area (Å²) in [6.07, 6.45) is 6.60. The van der Waals surface area contributed by atoms with Gasteiger partial charge in [0.1, 0.15) is 0 Å². The van der Waals surface area contributed by atoms with Crippen LogP contribution in [-0.2, 0) is 9.47 Å². The molecule has 2 saturated heterocycles. The van der Waals surface area contributed by atoms with Gasteiger partial charge in [0.25, 0.3) is 0 Å². The van der Waals surface area contributed by atoms with Crippen molar-refractivity contribution in [3.8, 4) is 0 Å². The maximum atomic E-state index is 5.53. The maximum Gasteiger partial charge on any atom is 0.0873 e. The van der Waals surface area contributed by atoms with Crippen molar-refractivity contribution in [2.75, 3.05) is 0 Å². The van der Waals surface area contributed by atoms with Gasteiger partial charge in [-0.15, -0.1) is 0 Å². The zero-order chi connectivity index (χ0) is 7.00. The second-order valence-corrected chi connectivity index (χ2v) is 4.48. The van der Waals surface area contributed by atoms with Gasteiger partial charge in [0.05, 0.1) is 24.4 Å². The first kappa shape index (κ1) is 5.55. The van der Waals surface area contributed by atoms with Crippen molar-refractivity contribution in [2.45, 2.75) is 43.7 Å². The molecule has 2 heterocycles. The van der Waals surface area contributed by atoms with E-state index in [1.165, 1.54) is 19.3 Å². The molecule has 0 spiro atoms. The summed E-state index contributed by atoms with van der Waals surface area (Å²) in [5.74, 6) is 1.84. The van der Waals surface area contributed by atoms with Gasteiger partial charge in [-0.1, -0.05) is 0 Å². The lowest BCUT2D eigenvalue weighted by Gasteiger charge is -2.23. The summed E-state index contributed by atoms with van der Waals surface area (Å²) < 4.78 is 11.1. The smallest absolute Gasteiger partial charge is 0.0873 e. The van der Waals surface area contributed by atoms with Gasteiger partial charge in [-0.05, 0) is 31.1 Å². The molecule has 0 N–H and O–H groups in total. The van der Waals surface area contributed by atoms with E-state index in [1.54, 1.807) is 0 Å². The van der Waals surface area contributed by atoms with E-state index in [9.17, 15) is 0 Å². The molecule has 0 radical (unpaired) electrons. The Bertz CT molecular complexity index is 216. The van der Waals surface area contributed by atoms with Crippen LogP contribution in [0.2, 0.25) is 0 Å². The molecule has 0 aromatic rings. The lowest BCUT2D eigenvalue weighted by atomic mass is 9.81. The summed E-state index contributed by atoms with van der Waals surface area (Å²) in [5.41, 5.74) is 0. The van der Waals surface area contributed by atoms with Gasteiger partial charge in [-0.25, -0.2) is 0 Å². The monoisotopic (exact) mass is 152 g/mol. The number of ether oxygens (including phenoxy) is 2. The Labute approximate surface area is 65.9 Å². The average Bonchev–Trinajstić information content (AvgIpc) is 2.84. The highest BCUT2D eigenvalue weighted by Crippen LogP contribution is 2.56. The molecule has 0 unspecified atom stereocenters. The first-order valence-corrected chi connectivity index (χ1v) is 4.73. The van der Waals surface area contributed by atoms with Crippen LogP contribution in [0.4, 0.5) is 0 Å². The number of epoxide rings is 2. The molecule has 11 heavy (non-hydrogen) atoms. The molecule has 4 aliphatic rings. The summed E-state index contributed by atoms with van der Waals surface area (Å²) >= 11 is 0. The van der Waals surface area contributed by atoms with E-state index in [0.717, 1.165) is 11.8 Å². The minimum Gasteiger partial charge on any atom is -0.370 e. The molecule has 2 saturated carbocycles. The Kier molecular flexibility index (Phi) is 0.758. The molecule has 4 fully saturated rings. The van der Waals surface area contributed by atoms with Crippen LogP contribution in [0.1, 0.15) is 19.3 Å². The van der Waals surface area contributed by atoms with Crippen molar-refractivity contribution in [1.82, 2.24) is 0 Å². The second-order valence-electron chi connectivity index (χ2n) is 4.48. The summed E-state index contributed by atoms with van der Waals surface area (Å²) in [6.45, 7) is 0. The van der Waals surface area contributed by atoms with Crippen LogP contribution in [0, 0.1) is 11.8 Å². The molecule has 0 amide bonds. The fourth-order valence-corrected chi connectivity index (χ4v) is 3.22. The Morgan fingerprint density at radius 1 is 0.818 bits per heavy atom. The van der Waals surface area contributed by atoms with E-state index < -0.39 is 0 Å². The third-order valence-corrected chi connectivity index (χ3v) is 3.91. The van der Waals surface area contributed by atoms with Crippen LogP contribution in [0.25, 0.3) is 0 Å². The average molecular weight is 152 g/mol. The molecular formula is C9H12O2. The molecule has 0 aromatic heterocycles. The third kappa shape index (κ3) is 0.611. The Morgan fingerprint density at radius 2 is 1.64 bits per heavy atom. The van der Waals surface area contributed by atoms with E-state index in [0.29, 0.717) is 24.4 Å². The first-order chi connectivity index (χ1) is 5.42. The number of fused-ring (bicyclic) bond motifs is 4. The standard InChI is InChI=1S/C9H12O2/c1-4-2-8-9(11-8)5(4)3-7-6(1)10-7/h4-9H,1-3H2/t4-,5-,6-,7-,8+,9-/m1/s1. The van der Waals surface area contributed by atoms with E-state index in [4.69, 9.17) is 9.47 Å². The summed E-state index contributed by atoms with van der Waals surface area (Å²) in [7, 11) is 0. The van der Waals surface area contributed by atoms with Gasteiger partial charge < -0.3 is 9.47 Å². The lowest BCUT2D eigenvalue weighted by molar-refractivity contribution is 0.171. The zero-order valence-corrected chi connectivity index (χ0v) is 6.40. The molecule has 0 aromatic carbocycles. The third-order valence-electron chi connectivity index (χ3n) is 3.91. The number of hydrogen-bond acceptors (Lipinski definition) is 2. The van der Waals surface area contributed by atoms with E-state index in [2.05, 4.69) is 0 Å². The highest BCUT2D eigenvalue weighted by molar-refractivity contribution is 5.09. The number of rotatable bonds is 0. The minimum absolute atomic E-state index is 0.638. The van der Waals surface area contributed by atoms with Gasteiger partial charge in [0, 0.05) is 0 Å². The molecule has 2 aliphatic heterocycles. The van der Waals surface area contributed by atoms with E-state index >= 15 is 0 Å². The van der Waals surface area contributed by atoms with Crippen LogP contribution in [-0.4, -0.2) is 24.4 Å². The van der Waals surface area contributed by atoms with Crippen LogP contribution >= 0.6 is 0 Å². The van der Waals surface area contributed by atoms with Crippen molar-refractivity contribution in [3.05, 3.63) is 0 Å². The minimum atomic E-state index is 0.638. The van der Waals surface area contributed by atoms with Gasteiger partial charge in [0.15, 0.2) is 0 Å². The van der Waals surface area contributed by atoms with Crippen molar-refractivity contribution >= 4 is 0 Å². The molecule has 6 atom stereocenters. The summed E-state index contributed by atoms with van der Waals surface area (Å²) in [5, 5.41) is 0. The fourth-order valence-electron chi connectivity index (χ4n) is 3.22. The van der Waals surface area contributed by atoms with Crippen molar-refractivity contribution < 1.29 is 9.47 Å². The highest BCUT2D eigenvalue weighted by Gasteiger charge is 2.61. The predicted molar refractivity (Wildman–Crippen MR) is 38.2 cm³/mol. The SMILES string of the molecule is C1[C@H]2C[C@H]3O[C@@H]3C[C@H]2[C@H]2O[C@@H]12. The van der Waals surface area contributed by atoms with Gasteiger partial charge in [-0.2, -0.15) is 0 Å². The topological polar surface area (TPSA) is 25.1 Å². The molecule has 2 nitrogen and oxygen atoms in total. The van der Waals surface area contributed by atoms with E-state index in [-0.39, 0.29) is 0 Å². The fraction of sp³-hybridized carbons (Fsp3) is 1.00. The molecular weight excluding hydrogens is 140 g/mol. The van der Waals surface area contributed by atoms with Gasteiger partial charge >= 0.3 is 0 Å². The Balaban J connectivity index is 1.65. The maximum absolute atomic E-state index is 5.53. The quantitative estimate of drug-likeness (QED) is 0.483. The van der Waals surface area contributed by atoms with Gasteiger partial charge in [0.2, 0.25) is 0 Å². The summed E-state index contributed by atoms with van der Waals surface area (Å²) in [6, 6.07) is 0. The van der Waals surface area contributed by atoms with Crippen molar-refractivity contribution in [1.29, 1.82) is 0 Å². The second kappa shape index (κ2) is 1.50. The van der Waals surface area contributed by atoms with Crippen molar-refractivity contribution in [3.63, 3.8) is 0 Å². The Morgan fingerprint density at radius 3 is 2.64 bits per heavy atom. The molecule has 2 aliphatic carbocycles.